The van der Waals surface area contributed by atoms with E-state index < -0.39 is 77.0 Å². The van der Waals surface area contributed by atoms with Crippen molar-refractivity contribution in [3.63, 3.8) is 0 Å². The summed E-state index contributed by atoms with van der Waals surface area (Å²) in [6, 6.07) is 30.3. The van der Waals surface area contributed by atoms with Crippen molar-refractivity contribution >= 4 is 41.3 Å². The first-order valence-corrected chi connectivity index (χ1v) is 20.1. The molecule has 0 aromatic heterocycles. The van der Waals surface area contributed by atoms with Crippen molar-refractivity contribution in [1.82, 2.24) is 10.2 Å². The molecule has 3 aliphatic rings. The van der Waals surface area contributed by atoms with Gasteiger partial charge in [-0.2, -0.15) is 0 Å². The first-order chi connectivity index (χ1) is 30.9. The topological polar surface area (TPSA) is 247 Å². The van der Waals surface area contributed by atoms with Gasteiger partial charge in [-0.1, -0.05) is 84.6 Å². The number of hydrogen-bond acceptors (Lipinski definition) is 12. The number of carbonyl (C=O) groups excluding carboxylic acids is 5. The van der Waals surface area contributed by atoms with Crippen molar-refractivity contribution in [2.75, 3.05) is 24.7 Å². The number of nitrogens with one attached hydrogen (secondary N) is 1. The zero-order valence-electron chi connectivity index (χ0n) is 33.9. The molecule has 3 aliphatic heterocycles. The number of benzene rings is 5. The van der Waals surface area contributed by atoms with Gasteiger partial charge in [0.15, 0.2) is 0 Å². The molecule has 3 heterocycles. The number of nitrogens with zero attached hydrogens (tertiary/aromatic N) is 3. The number of ether oxygens (including phenoxy) is 3. The number of fused-ring (bicyclic) bond motifs is 3. The van der Waals surface area contributed by atoms with E-state index in [-0.39, 0.29) is 36.7 Å². The number of non-ortho nitro benzene ring substituents is 1. The number of aliphatic hydroxyl groups is 1. The number of nitrogens with two attached hydrogens (primary N) is 2. The smallest absolute Gasteiger partial charge is 0.421 e. The Morgan fingerprint density at radius 3 is 2.16 bits per heavy atom. The molecule has 64 heavy (non-hydrogen) atoms. The molecule has 17 heteroatoms. The van der Waals surface area contributed by atoms with Gasteiger partial charge in [-0.15, -0.1) is 0 Å². The van der Waals surface area contributed by atoms with Crippen molar-refractivity contribution < 1.29 is 48.2 Å². The van der Waals surface area contributed by atoms with Crippen LogP contribution in [0.25, 0.3) is 0 Å². The number of aliphatic hydroxyl groups excluding tert-OH is 1. The molecule has 5 aromatic rings. The molecule has 6 atom stereocenters. The summed E-state index contributed by atoms with van der Waals surface area (Å²) in [7, 11) is 0. The predicted octanol–water partition coefficient (Wildman–Crippen LogP) is 4.47. The van der Waals surface area contributed by atoms with Crippen LogP contribution in [0.5, 0.6) is 5.75 Å². The molecule has 1 spiro atoms. The lowest BCUT2D eigenvalue weighted by Crippen LogP contribution is -2.55. The molecule has 0 saturated carbocycles. The fourth-order valence-corrected chi connectivity index (χ4v) is 9.11. The minimum Gasteiger partial charge on any atom is -0.491 e. The van der Waals surface area contributed by atoms with Crippen molar-refractivity contribution in [1.29, 1.82) is 0 Å². The summed E-state index contributed by atoms with van der Waals surface area (Å²) in [5.41, 5.74) is 11.9. The normalized spacial score (nSPS) is 22.1. The van der Waals surface area contributed by atoms with Gasteiger partial charge in [0.05, 0.1) is 41.8 Å². The molecule has 6 unspecified atom stereocenters. The Kier molecular flexibility index (Phi) is 11.8. The van der Waals surface area contributed by atoms with Gasteiger partial charge in [-0.05, 0) is 70.3 Å². The molecule has 324 valence electrons. The summed E-state index contributed by atoms with van der Waals surface area (Å²) in [5.74, 6) is 1.63. The Morgan fingerprint density at radius 1 is 0.859 bits per heavy atom. The summed E-state index contributed by atoms with van der Waals surface area (Å²) in [6.45, 7) is -0.785. The number of nitro benzene ring substituents is 1. The molecule has 8 rings (SSSR count). The number of cyclic esters (lactones) is 1. The van der Waals surface area contributed by atoms with Crippen molar-refractivity contribution in [3.8, 4) is 17.6 Å². The van der Waals surface area contributed by atoms with E-state index in [1.165, 1.54) is 36.4 Å². The molecular formula is C47H40N6O11. The number of anilines is 1. The summed E-state index contributed by atoms with van der Waals surface area (Å²) < 4.78 is 17.8. The Labute approximate surface area is 365 Å². The number of urea groups is 1. The van der Waals surface area contributed by atoms with Crippen LogP contribution in [0.2, 0.25) is 0 Å². The monoisotopic (exact) mass is 864 g/mol. The van der Waals surface area contributed by atoms with E-state index in [1.54, 1.807) is 47.4 Å². The zero-order chi connectivity index (χ0) is 45.1. The van der Waals surface area contributed by atoms with Gasteiger partial charge in [-0.25, -0.2) is 14.5 Å². The fraction of sp³-hybridized carbons (Fsp3) is 0.213. The molecule has 2 saturated heterocycles. The molecule has 0 radical (unpaired) electrons. The quantitative estimate of drug-likeness (QED) is 0.0622. The SMILES string of the molecule is NC(=O)NCC#Cc1ccc2c(c1)C1(C(=O)N2C(=O)OCc2ccc([N+](=O)[O-])cc2)C(C(N)=O)C2C(=O)OC(c3ccccc3)C(c3ccccc3)N2C1c1ccc(OCCO)cc1. The van der Waals surface area contributed by atoms with Crippen LogP contribution in [-0.4, -0.2) is 70.6 Å². The summed E-state index contributed by atoms with van der Waals surface area (Å²) in [6.07, 6.45) is -2.12. The number of hydrogen-bond donors (Lipinski definition) is 4. The van der Waals surface area contributed by atoms with Gasteiger partial charge >= 0.3 is 18.1 Å². The van der Waals surface area contributed by atoms with Gasteiger partial charge in [0.25, 0.3) is 5.69 Å². The first kappa shape index (κ1) is 42.6. The molecule has 17 nitrogen and oxygen atoms in total. The van der Waals surface area contributed by atoms with Crippen LogP contribution < -0.4 is 26.4 Å². The van der Waals surface area contributed by atoms with E-state index >= 15 is 4.79 Å². The van der Waals surface area contributed by atoms with Crippen LogP contribution in [0, 0.1) is 27.9 Å². The first-order valence-electron chi connectivity index (χ1n) is 20.1. The van der Waals surface area contributed by atoms with Crippen LogP contribution in [0.3, 0.4) is 0 Å². The average molecular weight is 865 g/mol. The van der Waals surface area contributed by atoms with Crippen LogP contribution in [-0.2, 0) is 35.9 Å². The minimum atomic E-state index is -2.16. The molecule has 5 amide bonds. The number of primary amides is 2. The van der Waals surface area contributed by atoms with Gasteiger partial charge in [0, 0.05) is 17.7 Å². The Balaban J connectivity index is 1.37. The summed E-state index contributed by atoms with van der Waals surface area (Å²) in [4.78, 5) is 84.4. The number of imide groups is 1. The van der Waals surface area contributed by atoms with E-state index in [0.717, 1.165) is 4.90 Å². The van der Waals surface area contributed by atoms with E-state index in [1.807, 2.05) is 48.5 Å². The van der Waals surface area contributed by atoms with Gasteiger partial charge in [0.1, 0.15) is 36.5 Å². The molecule has 0 aliphatic carbocycles. The number of morpholine rings is 1. The summed E-state index contributed by atoms with van der Waals surface area (Å²) >= 11 is 0. The maximum Gasteiger partial charge on any atom is 0.421 e. The fourth-order valence-electron chi connectivity index (χ4n) is 9.11. The lowest BCUT2D eigenvalue weighted by Gasteiger charge is -2.46. The van der Waals surface area contributed by atoms with Crippen LogP contribution in [0.15, 0.2) is 127 Å². The van der Waals surface area contributed by atoms with Crippen LogP contribution in [0.4, 0.5) is 21.0 Å². The molecular weight excluding hydrogens is 825 g/mol. The van der Waals surface area contributed by atoms with Gasteiger partial charge in [-0.3, -0.25) is 29.4 Å². The number of esters is 1. The van der Waals surface area contributed by atoms with Crippen LogP contribution >= 0.6 is 0 Å². The third kappa shape index (κ3) is 7.61. The van der Waals surface area contributed by atoms with Crippen molar-refractivity contribution in [3.05, 3.63) is 171 Å². The lowest BCUT2D eigenvalue weighted by atomic mass is 9.65. The Bertz CT molecular complexity index is 2690. The van der Waals surface area contributed by atoms with Gasteiger partial charge < -0.3 is 36.1 Å². The highest BCUT2D eigenvalue weighted by Crippen LogP contribution is 2.65. The minimum absolute atomic E-state index is 0.00703. The third-order valence-electron chi connectivity index (χ3n) is 11.6. The average Bonchev–Trinajstić information content (AvgIpc) is 3.76. The van der Waals surface area contributed by atoms with Crippen LogP contribution in [0.1, 0.15) is 51.6 Å². The maximum absolute atomic E-state index is 16.0. The molecule has 0 bridgehead atoms. The number of nitro groups is 1. The van der Waals surface area contributed by atoms with Crippen molar-refractivity contribution in [2.45, 2.75) is 36.3 Å². The molecule has 2 fully saturated rings. The predicted molar refractivity (Wildman–Crippen MR) is 228 cm³/mol. The van der Waals surface area contributed by atoms with Gasteiger partial charge in [0.2, 0.25) is 11.8 Å². The molecule has 6 N–H and O–H groups in total. The second-order valence-electron chi connectivity index (χ2n) is 15.2. The lowest BCUT2D eigenvalue weighted by molar-refractivity contribution is -0.384. The zero-order valence-corrected chi connectivity index (χ0v) is 33.9. The van der Waals surface area contributed by atoms with E-state index in [2.05, 4.69) is 17.2 Å². The summed E-state index contributed by atoms with van der Waals surface area (Å²) in [5, 5.41) is 23.1. The second kappa shape index (κ2) is 17.7. The second-order valence-corrected chi connectivity index (χ2v) is 15.2. The largest absolute Gasteiger partial charge is 0.491 e. The highest BCUT2D eigenvalue weighted by Gasteiger charge is 2.75. The highest BCUT2D eigenvalue weighted by atomic mass is 16.6. The van der Waals surface area contributed by atoms with E-state index in [0.29, 0.717) is 33.6 Å². The number of amides is 5. The standard InChI is InChI=1S/C47H40N6O11/c48-42(55)37-39-43(56)64-40(31-11-5-2-6-12-31)38(30-9-3-1-4-10-30)52(39)41(32-16-20-34(21-17-32)62-25-24-54)47(37)35-26-28(8-7-23-50-45(49)58)15-22-36(35)51(44(47)57)46(59)63-27-29-13-18-33(19-14-29)53(60)61/h1-6,9-22,26,37-41,54H,23-25,27H2,(H2,48,55)(H3,49,50,58). The maximum atomic E-state index is 16.0. The highest BCUT2D eigenvalue weighted by molar-refractivity contribution is 6.23. The Morgan fingerprint density at radius 2 is 1.53 bits per heavy atom. The van der Waals surface area contributed by atoms with Crippen molar-refractivity contribution in [2.24, 2.45) is 17.4 Å². The van der Waals surface area contributed by atoms with E-state index in [4.69, 9.17) is 25.7 Å². The Hall–Kier alpha value is -8.07. The number of rotatable bonds is 11. The number of carbonyl (C=O) groups is 5. The molecule has 5 aromatic carbocycles. The van der Waals surface area contributed by atoms with E-state index in [9.17, 15) is 34.4 Å². The third-order valence-corrected chi connectivity index (χ3v) is 11.6.